The topological polar surface area (TPSA) is 28.4 Å². The maximum atomic E-state index is 5.30. The Morgan fingerprint density at radius 2 is 2.25 bits per heavy atom. The second kappa shape index (κ2) is 6.71. The highest BCUT2D eigenvalue weighted by Crippen LogP contribution is 2.13. The second-order valence-corrected chi connectivity index (χ2v) is 4.41. The van der Waals surface area contributed by atoms with Crippen molar-refractivity contribution >= 4 is 0 Å². The van der Waals surface area contributed by atoms with E-state index in [4.69, 9.17) is 4.42 Å². The summed E-state index contributed by atoms with van der Waals surface area (Å²) >= 11 is 0. The summed E-state index contributed by atoms with van der Waals surface area (Å²) in [6, 6.07) is 2.65. The Morgan fingerprint density at radius 3 is 2.81 bits per heavy atom. The van der Waals surface area contributed by atoms with Crippen LogP contribution in [-0.4, -0.2) is 31.1 Å². The molecule has 16 heavy (non-hydrogen) atoms. The highest BCUT2D eigenvalue weighted by Gasteiger charge is 2.11. The predicted octanol–water partition coefficient (Wildman–Crippen LogP) is 2.41. The molecule has 0 saturated carbocycles. The lowest BCUT2D eigenvalue weighted by Crippen LogP contribution is -2.31. The zero-order valence-electron chi connectivity index (χ0n) is 10.9. The first-order valence-electron chi connectivity index (χ1n) is 6.09. The molecule has 0 aliphatic carbocycles. The Bertz CT molecular complexity index is 296. The summed E-state index contributed by atoms with van der Waals surface area (Å²) in [4.78, 5) is 2.37. The molecular formula is C13H24N2O. The van der Waals surface area contributed by atoms with Crippen molar-refractivity contribution in [3.63, 3.8) is 0 Å². The van der Waals surface area contributed by atoms with Crippen molar-refractivity contribution in [3.8, 4) is 0 Å². The number of furan rings is 1. The van der Waals surface area contributed by atoms with Crippen molar-refractivity contribution in [1.82, 2.24) is 10.2 Å². The molecule has 92 valence electrons. The van der Waals surface area contributed by atoms with Crippen molar-refractivity contribution < 1.29 is 4.42 Å². The number of nitrogens with one attached hydrogen (secondary N) is 1. The number of hydrogen-bond acceptors (Lipinski definition) is 3. The van der Waals surface area contributed by atoms with Crippen LogP contribution in [0.1, 0.15) is 31.6 Å². The van der Waals surface area contributed by atoms with Crippen molar-refractivity contribution in [2.45, 2.75) is 39.8 Å². The molecule has 0 amide bonds. The molecule has 1 aromatic rings. The average Bonchev–Trinajstić information content (AvgIpc) is 2.64. The monoisotopic (exact) mass is 224 g/mol. The Morgan fingerprint density at radius 1 is 1.50 bits per heavy atom. The molecule has 0 saturated heterocycles. The molecule has 1 atom stereocenters. The molecule has 1 rings (SSSR count). The SMILES string of the molecule is CCNCCC(C)N(C)Cc1ccoc1C. The minimum absolute atomic E-state index is 0.591. The van der Waals surface area contributed by atoms with Crippen molar-refractivity contribution in [2.24, 2.45) is 0 Å². The normalized spacial score (nSPS) is 13.3. The van der Waals surface area contributed by atoms with Crippen molar-refractivity contribution in [1.29, 1.82) is 0 Å². The number of rotatable bonds is 7. The third-order valence-corrected chi connectivity index (χ3v) is 3.13. The van der Waals surface area contributed by atoms with Crippen LogP contribution >= 0.6 is 0 Å². The van der Waals surface area contributed by atoms with Gasteiger partial charge in [-0.3, -0.25) is 4.90 Å². The number of hydrogen-bond donors (Lipinski definition) is 1. The zero-order chi connectivity index (χ0) is 12.0. The molecule has 0 bridgehead atoms. The first-order valence-corrected chi connectivity index (χ1v) is 6.09. The summed E-state index contributed by atoms with van der Waals surface area (Å²) in [7, 11) is 2.17. The molecule has 1 N–H and O–H groups in total. The Hall–Kier alpha value is -0.800. The first-order chi connectivity index (χ1) is 7.65. The van der Waals surface area contributed by atoms with Crippen LogP contribution in [0.4, 0.5) is 0 Å². The van der Waals surface area contributed by atoms with Crippen molar-refractivity contribution in [3.05, 3.63) is 23.7 Å². The smallest absolute Gasteiger partial charge is 0.105 e. The molecule has 3 nitrogen and oxygen atoms in total. The third-order valence-electron chi connectivity index (χ3n) is 3.13. The quantitative estimate of drug-likeness (QED) is 0.721. The molecule has 0 spiro atoms. The van der Waals surface area contributed by atoms with Gasteiger partial charge in [0.15, 0.2) is 0 Å². The standard InChI is InChI=1S/C13H24N2O/c1-5-14-8-6-11(2)15(4)10-13-7-9-16-12(13)3/h7,9,11,14H,5-6,8,10H2,1-4H3. The minimum Gasteiger partial charge on any atom is -0.469 e. The second-order valence-electron chi connectivity index (χ2n) is 4.41. The van der Waals surface area contributed by atoms with Crippen LogP contribution in [-0.2, 0) is 6.54 Å². The van der Waals surface area contributed by atoms with Crippen LogP contribution in [0.25, 0.3) is 0 Å². The number of nitrogens with zero attached hydrogens (tertiary/aromatic N) is 1. The van der Waals surface area contributed by atoms with Gasteiger partial charge in [0.25, 0.3) is 0 Å². The van der Waals surface area contributed by atoms with Gasteiger partial charge >= 0.3 is 0 Å². The molecule has 3 heteroatoms. The van der Waals surface area contributed by atoms with Crippen LogP contribution in [0.5, 0.6) is 0 Å². The van der Waals surface area contributed by atoms with Gasteiger partial charge in [0.05, 0.1) is 6.26 Å². The van der Waals surface area contributed by atoms with E-state index in [2.05, 4.69) is 37.2 Å². The summed E-state index contributed by atoms with van der Waals surface area (Å²) in [6.45, 7) is 9.54. The lowest BCUT2D eigenvalue weighted by atomic mass is 10.1. The van der Waals surface area contributed by atoms with Gasteiger partial charge < -0.3 is 9.73 Å². The van der Waals surface area contributed by atoms with Crippen LogP contribution < -0.4 is 5.32 Å². The first kappa shape index (κ1) is 13.3. The summed E-state index contributed by atoms with van der Waals surface area (Å²) in [5.74, 6) is 1.03. The Balaban J connectivity index is 2.34. The zero-order valence-corrected chi connectivity index (χ0v) is 10.9. The van der Waals surface area contributed by atoms with Gasteiger partial charge in [0, 0.05) is 18.2 Å². The van der Waals surface area contributed by atoms with Gasteiger partial charge in [0.1, 0.15) is 5.76 Å². The van der Waals surface area contributed by atoms with E-state index in [1.54, 1.807) is 6.26 Å². The maximum Gasteiger partial charge on any atom is 0.105 e. The van der Waals surface area contributed by atoms with E-state index in [0.717, 1.165) is 25.4 Å². The van der Waals surface area contributed by atoms with E-state index < -0.39 is 0 Å². The molecular weight excluding hydrogens is 200 g/mol. The van der Waals surface area contributed by atoms with Crippen LogP contribution in [0.15, 0.2) is 16.7 Å². The van der Waals surface area contributed by atoms with Gasteiger partial charge in [-0.25, -0.2) is 0 Å². The van der Waals surface area contributed by atoms with Gasteiger partial charge in [0.2, 0.25) is 0 Å². The summed E-state index contributed by atoms with van der Waals surface area (Å²) in [5.41, 5.74) is 1.29. The molecule has 0 fully saturated rings. The fourth-order valence-corrected chi connectivity index (χ4v) is 1.71. The summed E-state index contributed by atoms with van der Waals surface area (Å²) in [6.07, 6.45) is 2.95. The van der Waals surface area contributed by atoms with E-state index in [0.29, 0.717) is 6.04 Å². The number of aryl methyl sites for hydroxylation is 1. The van der Waals surface area contributed by atoms with E-state index in [1.807, 2.05) is 6.92 Å². The van der Waals surface area contributed by atoms with Gasteiger partial charge in [-0.2, -0.15) is 0 Å². The largest absolute Gasteiger partial charge is 0.469 e. The molecule has 0 aliphatic rings. The lowest BCUT2D eigenvalue weighted by Gasteiger charge is -2.24. The molecule has 1 unspecified atom stereocenters. The van der Waals surface area contributed by atoms with Crippen LogP contribution in [0, 0.1) is 6.92 Å². The Labute approximate surface area is 98.8 Å². The van der Waals surface area contributed by atoms with E-state index in [9.17, 15) is 0 Å². The van der Waals surface area contributed by atoms with Crippen LogP contribution in [0.2, 0.25) is 0 Å². The predicted molar refractivity (Wildman–Crippen MR) is 67.5 cm³/mol. The third kappa shape index (κ3) is 3.99. The fourth-order valence-electron chi connectivity index (χ4n) is 1.71. The highest BCUT2D eigenvalue weighted by atomic mass is 16.3. The molecule has 0 aliphatic heterocycles. The van der Waals surface area contributed by atoms with E-state index in [-0.39, 0.29) is 0 Å². The molecule has 0 aromatic carbocycles. The summed E-state index contributed by atoms with van der Waals surface area (Å²) in [5, 5.41) is 3.36. The lowest BCUT2D eigenvalue weighted by molar-refractivity contribution is 0.235. The van der Waals surface area contributed by atoms with Gasteiger partial charge in [-0.05, 0) is 46.5 Å². The highest BCUT2D eigenvalue weighted by molar-refractivity contribution is 5.15. The summed E-state index contributed by atoms with van der Waals surface area (Å²) < 4.78 is 5.30. The van der Waals surface area contributed by atoms with Gasteiger partial charge in [-0.15, -0.1) is 0 Å². The van der Waals surface area contributed by atoms with Crippen LogP contribution in [0.3, 0.4) is 0 Å². The maximum absolute atomic E-state index is 5.30. The van der Waals surface area contributed by atoms with E-state index in [1.165, 1.54) is 12.0 Å². The molecule has 1 aromatic heterocycles. The molecule has 1 heterocycles. The van der Waals surface area contributed by atoms with Gasteiger partial charge in [-0.1, -0.05) is 6.92 Å². The minimum atomic E-state index is 0.591. The average molecular weight is 224 g/mol. The Kier molecular flexibility index (Phi) is 5.56. The van der Waals surface area contributed by atoms with E-state index >= 15 is 0 Å². The molecule has 0 radical (unpaired) electrons. The fraction of sp³-hybridized carbons (Fsp3) is 0.692. The van der Waals surface area contributed by atoms with Crippen molar-refractivity contribution in [2.75, 3.05) is 20.1 Å².